The zero-order valence-electron chi connectivity index (χ0n) is 11.7. The van der Waals surface area contributed by atoms with Gasteiger partial charge in [-0.05, 0) is 26.9 Å². The number of carboxylic acid groups (broad SMARTS) is 1. The zero-order valence-corrected chi connectivity index (χ0v) is 11.7. The molecule has 108 valence electrons. The maximum absolute atomic E-state index is 12.3. The third-order valence-electron chi connectivity index (χ3n) is 3.89. The highest BCUT2D eigenvalue weighted by Gasteiger charge is 2.38. The van der Waals surface area contributed by atoms with Gasteiger partial charge in [0.2, 0.25) is 0 Å². The van der Waals surface area contributed by atoms with Crippen LogP contribution in [0.3, 0.4) is 0 Å². The second-order valence-electron chi connectivity index (χ2n) is 5.90. The van der Waals surface area contributed by atoms with Gasteiger partial charge in [0.25, 0.3) is 0 Å². The Balaban J connectivity index is 1.82. The Morgan fingerprint density at radius 2 is 2.00 bits per heavy atom. The van der Waals surface area contributed by atoms with E-state index < -0.39 is 5.97 Å². The molecule has 1 atom stereocenters. The Labute approximate surface area is 114 Å². The van der Waals surface area contributed by atoms with Crippen molar-refractivity contribution >= 4 is 12.0 Å². The molecule has 0 spiro atoms. The van der Waals surface area contributed by atoms with Gasteiger partial charge >= 0.3 is 12.0 Å². The van der Waals surface area contributed by atoms with E-state index in [9.17, 15) is 9.59 Å². The van der Waals surface area contributed by atoms with Gasteiger partial charge in [-0.1, -0.05) is 0 Å². The van der Waals surface area contributed by atoms with Crippen LogP contribution in [-0.2, 0) is 4.79 Å². The molecule has 2 fully saturated rings. The number of aliphatic carboxylic acids is 1. The molecule has 2 aliphatic rings. The Hall–Kier alpha value is -1.30. The first-order valence-corrected chi connectivity index (χ1v) is 6.89. The molecule has 6 heteroatoms. The SMILES string of the molecule is CN(C)CC1CCCN1C(=O)N1CC(CC(=O)O)C1. The first kappa shape index (κ1) is 14.1. The van der Waals surface area contributed by atoms with E-state index in [1.807, 2.05) is 19.0 Å². The summed E-state index contributed by atoms with van der Waals surface area (Å²) in [4.78, 5) is 28.8. The molecule has 0 bridgehead atoms. The predicted molar refractivity (Wildman–Crippen MR) is 71.0 cm³/mol. The van der Waals surface area contributed by atoms with Gasteiger partial charge in [0.15, 0.2) is 0 Å². The number of rotatable bonds is 4. The van der Waals surface area contributed by atoms with Crippen molar-refractivity contribution in [3.05, 3.63) is 0 Å². The number of hydrogen-bond donors (Lipinski definition) is 1. The molecule has 0 aromatic heterocycles. The molecule has 0 radical (unpaired) electrons. The highest BCUT2D eigenvalue weighted by molar-refractivity contribution is 5.76. The fraction of sp³-hybridized carbons (Fsp3) is 0.846. The molecule has 2 aliphatic heterocycles. The van der Waals surface area contributed by atoms with Gasteiger partial charge in [-0.25, -0.2) is 4.79 Å². The summed E-state index contributed by atoms with van der Waals surface area (Å²) in [6.45, 7) is 2.92. The number of carboxylic acids is 1. The molecule has 2 heterocycles. The fourth-order valence-electron chi connectivity index (χ4n) is 2.98. The summed E-state index contributed by atoms with van der Waals surface area (Å²) in [6.07, 6.45) is 2.30. The number of likely N-dealkylation sites (tertiary alicyclic amines) is 2. The van der Waals surface area contributed by atoms with Gasteiger partial charge in [0, 0.05) is 38.1 Å². The monoisotopic (exact) mass is 269 g/mol. The van der Waals surface area contributed by atoms with E-state index in [1.165, 1.54) is 0 Å². The Morgan fingerprint density at radius 3 is 2.58 bits per heavy atom. The predicted octanol–water partition coefficient (Wildman–Crippen LogP) is 0.539. The molecule has 1 N–H and O–H groups in total. The average molecular weight is 269 g/mol. The van der Waals surface area contributed by atoms with E-state index in [2.05, 4.69) is 4.90 Å². The number of carbonyl (C=O) groups excluding carboxylic acids is 1. The number of amides is 2. The molecular weight excluding hydrogens is 246 g/mol. The summed E-state index contributed by atoms with van der Waals surface area (Å²) < 4.78 is 0. The van der Waals surface area contributed by atoms with Crippen molar-refractivity contribution in [1.29, 1.82) is 0 Å². The molecule has 2 rings (SSSR count). The summed E-state index contributed by atoms with van der Waals surface area (Å²) in [6, 6.07) is 0.395. The summed E-state index contributed by atoms with van der Waals surface area (Å²) in [5.74, 6) is -0.639. The molecule has 0 saturated carbocycles. The van der Waals surface area contributed by atoms with Crippen LogP contribution in [0.4, 0.5) is 4.79 Å². The Morgan fingerprint density at radius 1 is 1.32 bits per heavy atom. The van der Waals surface area contributed by atoms with Gasteiger partial charge in [-0.15, -0.1) is 0 Å². The molecule has 0 aliphatic carbocycles. The van der Waals surface area contributed by atoms with Gasteiger partial charge in [-0.2, -0.15) is 0 Å². The lowest BCUT2D eigenvalue weighted by molar-refractivity contribution is -0.139. The second-order valence-corrected chi connectivity index (χ2v) is 5.90. The third-order valence-corrected chi connectivity index (χ3v) is 3.89. The minimum absolute atomic E-state index is 0.0889. The lowest BCUT2D eigenvalue weighted by Crippen LogP contribution is -2.57. The molecule has 19 heavy (non-hydrogen) atoms. The molecule has 2 amide bonds. The normalized spacial score (nSPS) is 23.8. The van der Waals surface area contributed by atoms with E-state index in [4.69, 9.17) is 5.11 Å². The first-order valence-electron chi connectivity index (χ1n) is 6.89. The summed E-state index contributed by atoms with van der Waals surface area (Å²) in [7, 11) is 4.04. The van der Waals surface area contributed by atoms with Crippen molar-refractivity contribution in [3.63, 3.8) is 0 Å². The number of likely N-dealkylation sites (N-methyl/N-ethyl adjacent to an activating group) is 1. The van der Waals surface area contributed by atoms with Crippen LogP contribution >= 0.6 is 0 Å². The van der Waals surface area contributed by atoms with E-state index in [-0.39, 0.29) is 18.4 Å². The van der Waals surface area contributed by atoms with E-state index in [0.29, 0.717) is 19.1 Å². The van der Waals surface area contributed by atoms with Crippen molar-refractivity contribution in [2.45, 2.75) is 25.3 Å². The van der Waals surface area contributed by atoms with Crippen LogP contribution in [0.25, 0.3) is 0 Å². The van der Waals surface area contributed by atoms with Crippen LogP contribution in [0.1, 0.15) is 19.3 Å². The summed E-state index contributed by atoms with van der Waals surface area (Å²) in [5.41, 5.74) is 0. The number of hydrogen-bond acceptors (Lipinski definition) is 3. The van der Waals surface area contributed by atoms with Gasteiger partial charge in [-0.3, -0.25) is 4.79 Å². The highest BCUT2D eigenvalue weighted by Crippen LogP contribution is 2.25. The molecule has 0 aromatic rings. The summed E-state index contributed by atoms with van der Waals surface area (Å²) >= 11 is 0. The molecule has 2 saturated heterocycles. The Bertz CT molecular complexity index is 353. The molecule has 6 nitrogen and oxygen atoms in total. The number of carbonyl (C=O) groups is 2. The van der Waals surface area contributed by atoms with Crippen molar-refractivity contribution in [3.8, 4) is 0 Å². The van der Waals surface area contributed by atoms with Gasteiger partial charge in [0.05, 0.1) is 6.42 Å². The van der Waals surface area contributed by atoms with Crippen molar-refractivity contribution in [2.75, 3.05) is 40.3 Å². The van der Waals surface area contributed by atoms with Crippen LogP contribution in [0.15, 0.2) is 0 Å². The van der Waals surface area contributed by atoms with Crippen molar-refractivity contribution in [2.24, 2.45) is 5.92 Å². The van der Waals surface area contributed by atoms with Gasteiger partial charge in [0.1, 0.15) is 0 Å². The zero-order chi connectivity index (χ0) is 14.0. The topological polar surface area (TPSA) is 64.1 Å². The smallest absolute Gasteiger partial charge is 0.320 e. The maximum Gasteiger partial charge on any atom is 0.320 e. The van der Waals surface area contributed by atoms with E-state index in [1.54, 1.807) is 4.90 Å². The molecule has 1 unspecified atom stereocenters. The summed E-state index contributed by atoms with van der Waals surface area (Å²) in [5, 5.41) is 8.71. The van der Waals surface area contributed by atoms with Crippen LogP contribution in [0, 0.1) is 5.92 Å². The van der Waals surface area contributed by atoms with E-state index in [0.717, 1.165) is 25.9 Å². The molecular formula is C13H23N3O3. The van der Waals surface area contributed by atoms with E-state index >= 15 is 0 Å². The molecule has 0 aromatic carbocycles. The van der Waals surface area contributed by atoms with Crippen molar-refractivity contribution < 1.29 is 14.7 Å². The second kappa shape index (κ2) is 5.77. The number of urea groups is 1. The number of nitrogens with zero attached hydrogens (tertiary/aromatic N) is 3. The Kier molecular flexibility index (Phi) is 4.29. The first-order chi connectivity index (χ1) is 8.97. The van der Waals surface area contributed by atoms with Gasteiger partial charge < -0.3 is 19.8 Å². The largest absolute Gasteiger partial charge is 0.481 e. The lowest BCUT2D eigenvalue weighted by atomic mass is 9.97. The van der Waals surface area contributed by atoms with Crippen LogP contribution in [0.5, 0.6) is 0 Å². The average Bonchev–Trinajstić information content (AvgIpc) is 2.68. The van der Waals surface area contributed by atoms with Crippen LogP contribution in [-0.4, -0.2) is 78.1 Å². The highest BCUT2D eigenvalue weighted by atomic mass is 16.4. The maximum atomic E-state index is 12.3. The van der Waals surface area contributed by atoms with Crippen LogP contribution < -0.4 is 0 Å². The van der Waals surface area contributed by atoms with Crippen LogP contribution in [0.2, 0.25) is 0 Å². The van der Waals surface area contributed by atoms with Crippen molar-refractivity contribution in [1.82, 2.24) is 14.7 Å². The standard InChI is InChI=1S/C13H23N3O3/c1-14(2)9-11-4-3-5-16(11)13(19)15-7-10(8-15)6-12(17)18/h10-11H,3-9H2,1-2H3,(H,17,18). The third kappa shape index (κ3) is 3.37. The quantitative estimate of drug-likeness (QED) is 0.809. The fourth-order valence-corrected chi connectivity index (χ4v) is 2.98. The minimum Gasteiger partial charge on any atom is -0.481 e. The lowest BCUT2D eigenvalue weighted by Gasteiger charge is -2.42. The minimum atomic E-state index is -0.774.